The van der Waals surface area contributed by atoms with E-state index in [1.807, 2.05) is 4.90 Å². The minimum atomic E-state index is 0.170. The van der Waals surface area contributed by atoms with Crippen LogP contribution in [0, 0.1) is 5.92 Å². The lowest BCUT2D eigenvalue weighted by atomic mass is 10.0. The fourth-order valence-electron chi connectivity index (χ4n) is 2.37. The van der Waals surface area contributed by atoms with Crippen LogP contribution in [0.15, 0.2) is 0 Å². The Kier molecular flexibility index (Phi) is 2.66. The largest absolute Gasteiger partial charge is 0.335 e. The summed E-state index contributed by atoms with van der Waals surface area (Å²) in [6.45, 7) is 5.36. The number of hydrogen-bond donors (Lipinski definition) is 1. The number of urea groups is 1. The van der Waals surface area contributed by atoms with Gasteiger partial charge in [-0.3, -0.25) is 0 Å². The fourth-order valence-corrected chi connectivity index (χ4v) is 2.37. The Balaban J connectivity index is 1.91. The molecule has 0 bridgehead atoms. The van der Waals surface area contributed by atoms with Crippen molar-refractivity contribution in [2.75, 3.05) is 6.54 Å². The van der Waals surface area contributed by atoms with Crippen molar-refractivity contribution in [3.05, 3.63) is 0 Å². The van der Waals surface area contributed by atoms with Crippen LogP contribution < -0.4 is 5.32 Å². The summed E-state index contributed by atoms with van der Waals surface area (Å²) in [7, 11) is 0. The first-order valence-electron chi connectivity index (χ1n) is 5.79. The third-order valence-electron chi connectivity index (χ3n) is 3.47. The molecule has 3 heteroatoms. The van der Waals surface area contributed by atoms with Crippen LogP contribution in [0.4, 0.5) is 4.79 Å². The molecule has 2 amide bonds. The molecule has 2 unspecified atom stereocenters. The van der Waals surface area contributed by atoms with Crippen molar-refractivity contribution >= 4 is 6.03 Å². The number of likely N-dealkylation sites (tertiary alicyclic amines) is 1. The molecule has 0 aromatic rings. The van der Waals surface area contributed by atoms with Crippen LogP contribution in [0.3, 0.4) is 0 Å². The van der Waals surface area contributed by atoms with Gasteiger partial charge < -0.3 is 10.2 Å². The number of rotatable bonds is 2. The van der Waals surface area contributed by atoms with E-state index in [-0.39, 0.29) is 6.03 Å². The summed E-state index contributed by atoms with van der Waals surface area (Å²) < 4.78 is 0. The molecule has 2 aliphatic rings. The lowest BCUT2D eigenvalue weighted by Gasteiger charge is -2.26. The lowest BCUT2D eigenvalue weighted by Crippen LogP contribution is -2.44. The first-order chi connectivity index (χ1) is 6.72. The molecule has 1 aliphatic carbocycles. The zero-order valence-corrected chi connectivity index (χ0v) is 9.12. The maximum absolute atomic E-state index is 11.8. The molecule has 14 heavy (non-hydrogen) atoms. The highest BCUT2D eigenvalue weighted by molar-refractivity contribution is 5.75. The predicted molar refractivity (Wildman–Crippen MR) is 56.1 cm³/mol. The summed E-state index contributed by atoms with van der Waals surface area (Å²) in [6, 6.07) is 1.12. The van der Waals surface area contributed by atoms with Gasteiger partial charge in [0.05, 0.1) is 0 Å². The summed E-state index contributed by atoms with van der Waals surface area (Å²) >= 11 is 0. The molecule has 2 fully saturated rings. The maximum atomic E-state index is 11.8. The quantitative estimate of drug-likeness (QED) is 0.719. The normalized spacial score (nSPS) is 32.0. The van der Waals surface area contributed by atoms with Crippen LogP contribution in [-0.2, 0) is 0 Å². The Bertz CT molecular complexity index is 225. The van der Waals surface area contributed by atoms with Gasteiger partial charge in [-0.05, 0) is 31.6 Å². The highest BCUT2D eigenvalue weighted by atomic mass is 16.2. The van der Waals surface area contributed by atoms with Crippen LogP contribution in [-0.4, -0.2) is 29.6 Å². The second-order valence-electron chi connectivity index (χ2n) is 4.66. The molecular weight excluding hydrogens is 176 g/mol. The highest BCUT2D eigenvalue weighted by Crippen LogP contribution is 2.27. The van der Waals surface area contributed by atoms with Crippen LogP contribution in [0.5, 0.6) is 0 Å². The van der Waals surface area contributed by atoms with Crippen LogP contribution >= 0.6 is 0 Å². The fraction of sp³-hybridized carbons (Fsp3) is 0.909. The molecule has 1 saturated carbocycles. The summed E-state index contributed by atoms with van der Waals surface area (Å²) in [5, 5.41) is 3.07. The van der Waals surface area contributed by atoms with Gasteiger partial charge in [0.25, 0.3) is 0 Å². The summed E-state index contributed by atoms with van der Waals surface area (Å²) in [5.74, 6) is 0.671. The molecule has 2 rings (SSSR count). The summed E-state index contributed by atoms with van der Waals surface area (Å²) in [6.07, 6.45) is 4.59. The van der Waals surface area contributed by atoms with E-state index in [4.69, 9.17) is 0 Å². The molecule has 1 heterocycles. The van der Waals surface area contributed by atoms with Gasteiger partial charge in [0.1, 0.15) is 0 Å². The van der Waals surface area contributed by atoms with Crippen LogP contribution in [0.1, 0.15) is 39.5 Å². The summed E-state index contributed by atoms with van der Waals surface area (Å²) in [4.78, 5) is 13.9. The lowest BCUT2D eigenvalue weighted by molar-refractivity contribution is 0.184. The van der Waals surface area contributed by atoms with Gasteiger partial charge in [-0.1, -0.05) is 13.8 Å². The number of carbonyl (C=O) groups is 1. The van der Waals surface area contributed by atoms with E-state index in [1.54, 1.807) is 0 Å². The number of nitrogens with zero attached hydrogens (tertiary/aromatic N) is 1. The topological polar surface area (TPSA) is 32.3 Å². The van der Waals surface area contributed by atoms with Gasteiger partial charge in [-0.2, -0.15) is 0 Å². The van der Waals surface area contributed by atoms with Crippen molar-refractivity contribution in [3.8, 4) is 0 Å². The molecule has 0 aromatic heterocycles. The van der Waals surface area contributed by atoms with Gasteiger partial charge in [0.15, 0.2) is 0 Å². The van der Waals surface area contributed by atoms with E-state index < -0.39 is 0 Å². The Labute approximate surface area is 85.8 Å². The standard InChI is InChI=1S/C11H20N2O/c1-3-10-8(2)6-7-13(10)11(14)12-9-4-5-9/h8-10H,3-7H2,1-2H3,(H,12,14). The average molecular weight is 196 g/mol. The van der Waals surface area contributed by atoms with Gasteiger partial charge >= 0.3 is 6.03 Å². The Morgan fingerprint density at radius 2 is 2.14 bits per heavy atom. The van der Waals surface area contributed by atoms with Gasteiger partial charge in [0.2, 0.25) is 0 Å². The monoisotopic (exact) mass is 196 g/mol. The average Bonchev–Trinajstić information content (AvgIpc) is 2.88. The Morgan fingerprint density at radius 3 is 2.71 bits per heavy atom. The molecular formula is C11H20N2O. The van der Waals surface area contributed by atoms with Crippen molar-refractivity contribution in [2.24, 2.45) is 5.92 Å². The minimum Gasteiger partial charge on any atom is -0.335 e. The first-order valence-corrected chi connectivity index (χ1v) is 5.79. The van der Waals surface area contributed by atoms with Crippen LogP contribution in [0.2, 0.25) is 0 Å². The number of hydrogen-bond acceptors (Lipinski definition) is 1. The third kappa shape index (κ3) is 1.86. The molecule has 1 saturated heterocycles. The van der Waals surface area contributed by atoms with Crippen molar-refractivity contribution in [1.29, 1.82) is 0 Å². The summed E-state index contributed by atoms with van der Waals surface area (Å²) in [5.41, 5.74) is 0. The van der Waals surface area contributed by atoms with Crippen molar-refractivity contribution in [1.82, 2.24) is 10.2 Å². The van der Waals surface area contributed by atoms with E-state index in [9.17, 15) is 4.79 Å². The zero-order valence-electron chi connectivity index (χ0n) is 9.12. The maximum Gasteiger partial charge on any atom is 0.317 e. The van der Waals surface area contributed by atoms with Crippen molar-refractivity contribution in [2.45, 2.75) is 51.6 Å². The van der Waals surface area contributed by atoms with Gasteiger partial charge in [-0.25, -0.2) is 4.79 Å². The molecule has 1 aliphatic heterocycles. The molecule has 3 nitrogen and oxygen atoms in total. The van der Waals surface area contributed by atoms with E-state index in [2.05, 4.69) is 19.2 Å². The minimum absolute atomic E-state index is 0.170. The van der Waals surface area contributed by atoms with E-state index in [1.165, 1.54) is 12.8 Å². The third-order valence-corrected chi connectivity index (χ3v) is 3.47. The Morgan fingerprint density at radius 1 is 1.43 bits per heavy atom. The van der Waals surface area contributed by atoms with E-state index >= 15 is 0 Å². The second kappa shape index (κ2) is 3.79. The second-order valence-corrected chi connectivity index (χ2v) is 4.66. The number of nitrogens with one attached hydrogen (secondary N) is 1. The molecule has 0 radical (unpaired) electrons. The highest BCUT2D eigenvalue weighted by Gasteiger charge is 2.35. The molecule has 80 valence electrons. The molecule has 0 spiro atoms. The van der Waals surface area contributed by atoms with Gasteiger partial charge in [-0.15, -0.1) is 0 Å². The molecule has 2 atom stereocenters. The van der Waals surface area contributed by atoms with Crippen molar-refractivity contribution < 1.29 is 4.79 Å². The smallest absolute Gasteiger partial charge is 0.317 e. The van der Waals surface area contributed by atoms with Gasteiger partial charge in [0, 0.05) is 18.6 Å². The Hall–Kier alpha value is -0.730. The predicted octanol–water partition coefficient (Wildman–Crippen LogP) is 1.98. The molecule has 1 N–H and O–H groups in total. The number of carbonyl (C=O) groups excluding carboxylic acids is 1. The molecule has 0 aromatic carbocycles. The SMILES string of the molecule is CCC1C(C)CCN1C(=O)NC1CC1. The van der Waals surface area contributed by atoms with Crippen LogP contribution in [0.25, 0.3) is 0 Å². The number of amides is 2. The van der Waals surface area contributed by atoms with E-state index in [0.717, 1.165) is 19.4 Å². The zero-order chi connectivity index (χ0) is 10.1. The van der Waals surface area contributed by atoms with E-state index in [0.29, 0.717) is 18.0 Å². The van der Waals surface area contributed by atoms with Crippen molar-refractivity contribution in [3.63, 3.8) is 0 Å². The first kappa shape index (κ1) is 9.81.